The summed E-state index contributed by atoms with van der Waals surface area (Å²) in [5, 5.41) is 7.56. The van der Waals surface area contributed by atoms with Crippen molar-refractivity contribution in [2.75, 3.05) is 14.2 Å². The maximum atomic E-state index is 12.3. The number of benzene rings is 2. The van der Waals surface area contributed by atoms with E-state index in [9.17, 15) is 4.79 Å². The van der Waals surface area contributed by atoms with Crippen LogP contribution in [-0.4, -0.2) is 32.3 Å². The van der Waals surface area contributed by atoms with E-state index in [1.54, 1.807) is 7.11 Å². The summed E-state index contributed by atoms with van der Waals surface area (Å²) in [6.07, 6.45) is 1.85. The van der Waals surface area contributed by atoms with Crippen molar-refractivity contribution in [2.24, 2.45) is 11.8 Å². The first-order chi connectivity index (χ1) is 14.1. The molecule has 154 valence electrons. The largest absolute Gasteiger partial charge is 0.496 e. The third-order valence-electron chi connectivity index (χ3n) is 6.49. The first-order valence-corrected chi connectivity index (χ1v) is 10.4. The number of aryl methyl sites for hydroxylation is 1. The molecule has 1 heterocycles. The standard InChI is InChI=1S/C24H30N2O3/c1-15-9-10-21(28-2)18(11-15)14-25-22-17-12-19(24(27)29-3)20(13-17)26-23(22)16-7-5-4-6-8-16/h4-11,17,19-20,22-23,25-26H,12-14H2,1-3H3. The molecule has 2 aromatic rings. The molecule has 29 heavy (non-hydrogen) atoms. The minimum absolute atomic E-state index is 0.0727. The molecule has 2 aromatic carbocycles. The van der Waals surface area contributed by atoms with Crippen LogP contribution in [0, 0.1) is 18.8 Å². The zero-order valence-corrected chi connectivity index (χ0v) is 17.4. The average Bonchev–Trinajstić information content (AvgIpc) is 3.10. The molecule has 0 radical (unpaired) electrons. The lowest BCUT2D eigenvalue weighted by Crippen LogP contribution is -2.52. The van der Waals surface area contributed by atoms with Gasteiger partial charge in [-0.1, -0.05) is 48.0 Å². The van der Waals surface area contributed by atoms with Gasteiger partial charge in [-0.25, -0.2) is 0 Å². The molecule has 2 aliphatic rings. The normalized spacial score (nSPS) is 28.2. The zero-order valence-electron chi connectivity index (χ0n) is 17.4. The molecule has 1 saturated heterocycles. The predicted octanol–water partition coefficient (Wildman–Crippen LogP) is 3.37. The molecule has 5 heteroatoms. The summed E-state index contributed by atoms with van der Waals surface area (Å²) < 4.78 is 10.6. The van der Waals surface area contributed by atoms with E-state index in [0.29, 0.717) is 5.92 Å². The average molecular weight is 395 g/mol. The van der Waals surface area contributed by atoms with Crippen LogP contribution in [0.3, 0.4) is 0 Å². The molecule has 1 aliphatic carbocycles. The predicted molar refractivity (Wildman–Crippen MR) is 113 cm³/mol. The highest BCUT2D eigenvalue weighted by Gasteiger charge is 2.49. The van der Waals surface area contributed by atoms with Gasteiger partial charge in [-0.05, 0) is 37.3 Å². The highest BCUT2D eigenvalue weighted by molar-refractivity contribution is 5.73. The topological polar surface area (TPSA) is 59.6 Å². The number of carbonyl (C=O) groups is 1. The number of nitrogens with one attached hydrogen (secondary N) is 2. The summed E-state index contributed by atoms with van der Waals surface area (Å²) in [6.45, 7) is 2.82. The number of rotatable bonds is 6. The minimum atomic E-state index is -0.0992. The molecule has 5 nitrogen and oxygen atoms in total. The van der Waals surface area contributed by atoms with Crippen LogP contribution in [0.15, 0.2) is 48.5 Å². The lowest BCUT2D eigenvalue weighted by atomic mass is 9.84. The van der Waals surface area contributed by atoms with E-state index < -0.39 is 0 Å². The van der Waals surface area contributed by atoms with E-state index in [2.05, 4.69) is 54.0 Å². The lowest BCUT2D eigenvalue weighted by Gasteiger charge is -2.39. The van der Waals surface area contributed by atoms with Gasteiger partial charge in [0.1, 0.15) is 5.75 Å². The number of piperidine rings is 1. The molecule has 2 N–H and O–H groups in total. The van der Waals surface area contributed by atoms with Crippen LogP contribution in [0.2, 0.25) is 0 Å². The summed E-state index contributed by atoms with van der Waals surface area (Å²) in [5.41, 5.74) is 3.63. The number of fused-ring (bicyclic) bond motifs is 2. The van der Waals surface area contributed by atoms with Crippen molar-refractivity contribution in [3.05, 3.63) is 65.2 Å². The Morgan fingerprint density at radius 2 is 1.93 bits per heavy atom. The third kappa shape index (κ3) is 4.02. The van der Waals surface area contributed by atoms with Gasteiger partial charge in [0.05, 0.1) is 20.1 Å². The fourth-order valence-electron chi connectivity index (χ4n) is 5.09. The summed E-state index contributed by atoms with van der Waals surface area (Å²) >= 11 is 0. The lowest BCUT2D eigenvalue weighted by molar-refractivity contribution is -0.145. The summed E-state index contributed by atoms with van der Waals surface area (Å²) in [6, 6.07) is 17.3. The van der Waals surface area contributed by atoms with E-state index in [4.69, 9.17) is 9.47 Å². The Balaban J connectivity index is 1.59. The number of methoxy groups -OCH3 is 2. The van der Waals surface area contributed by atoms with E-state index in [0.717, 1.165) is 30.7 Å². The van der Waals surface area contributed by atoms with E-state index in [1.165, 1.54) is 18.2 Å². The van der Waals surface area contributed by atoms with Gasteiger partial charge in [0.2, 0.25) is 0 Å². The molecular weight excluding hydrogens is 364 g/mol. The van der Waals surface area contributed by atoms with Crippen LogP contribution >= 0.6 is 0 Å². The molecule has 2 fully saturated rings. The van der Waals surface area contributed by atoms with Gasteiger partial charge < -0.3 is 20.1 Å². The number of esters is 1. The highest BCUT2D eigenvalue weighted by Crippen LogP contribution is 2.43. The molecule has 0 spiro atoms. The number of hydrogen-bond donors (Lipinski definition) is 2. The Labute approximate surface area is 172 Å². The van der Waals surface area contributed by atoms with Crippen molar-refractivity contribution in [3.63, 3.8) is 0 Å². The Hall–Kier alpha value is -2.37. The molecule has 4 rings (SSSR count). The van der Waals surface area contributed by atoms with Crippen LogP contribution in [0.25, 0.3) is 0 Å². The van der Waals surface area contributed by atoms with Crippen molar-refractivity contribution in [1.29, 1.82) is 0 Å². The van der Waals surface area contributed by atoms with Gasteiger partial charge in [-0.15, -0.1) is 0 Å². The molecule has 1 aliphatic heterocycles. The second-order valence-electron chi connectivity index (χ2n) is 8.24. The molecule has 1 saturated carbocycles. The van der Waals surface area contributed by atoms with Gasteiger partial charge in [0.15, 0.2) is 0 Å². The number of carbonyl (C=O) groups excluding carboxylic acids is 1. The van der Waals surface area contributed by atoms with Gasteiger partial charge in [-0.2, -0.15) is 0 Å². The van der Waals surface area contributed by atoms with E-state index in [1.807, 2.05) is 12.1 Å². The first kappa shape index (κ1) is 19.9. The fraction of sp³-hybridized carbons (Fsp3) is 0.458. The van der Waals surface area contributed by atoms with Crippen molar-refractivity contribution in [2.45, 2.75) is 44.4 Å². The Morgan fingerprint density at radius 3 is 2.66 bits per heavy atom. The third-order valence-corrected chi connectivity index (χ3v) is 6.49. The Kier molecular flexibility index (Phi) is 5.88. The highest BCUT2D eigenvalue weighted by atomic mass is 16.5. The summed E-state index contributed by atoms with van der Waals surface area (Å²) in [4.78, 5) is 12.3. The van der Waals surface area contributed by atoms with Gasteiger partial charge >= 0.3 is 5.97 Å². The fourth-order valence-corrected chi connectivity index (χ4v) is 5.09. The number of ether oxygens (including phenoxy) is 2. The van der Waals surface area contributed by atoms with Gasteiger partial charge in [0, 0.05) is 30.2 Å². The molecule has 0 amide bonds. The monoisotopic (exact) mass is 394 g/mol. The Bertz CT molecular complexity index is 854. The summed E-state index contributed by atoms with van der Waals surface area (Å²) in [5.74, 6) is 1.15. The van der Waals surface area contributed by atoms with Crippen molar-refractivity contribution < 1.29 is 14.3 Å². The number of hydrogen-bond acceptors (Lipinski definition) is 5. The second kappa shape index (κ2) is 8.56. The van der Waals surface area contributed by atoms with Crippen LogP contribution in [0.1, 0.15) is 35.6 Å². The molecule has 5 atom stereocenters. The molecule has 5 unspecified atom stereocenters. The SMILES string of the molecule is COC(=O)C1CC2CC1NC(c1ccccc1)C2NCc1cc(C)ccc1OC. The van der Waals surface area contributed by atoms with E-state index in [-0.39, 0.29) is 30.0 Å². The van der Waals surface area contributed by atoms with Crippen LogP contribution in [0.5, 0.6) is 5.75 Å². The van der Waals surface area contributed by atoms with Crippen molar-refractivity contribution >= 4 is 5.97 Å². The van der Waals surface area contributed by atoms with Crippen LogP contribution < -0.4 is 15.4 Å². The van der Waals surface area contributed by atoms with Crippen LogP contribution in [-0.2, 0) is 16.1 Å². The zero-order chi connectivity index (χ0) is 20.4. The van der Waals surface area contributed by atoms with Crippen LogP contribution in [0.4, 0.5) is 0 Å². The quantitative estimate of drug-likeness (QED) is 0.736. The Morgan fingerprint density at radius 1 is 1.14 bits per heavy atom. The van der Waals surface area contributed by atoms with Crippen molar-refractivity contribution in [1.82, 2.24) is 10.6 Å². The maximum absolute atomic E-state index is 12.3. The maximum Gasteiger partial charge on any atom is 0.310 e. The van der Waals surface area contributed by atoms with Gasteiger partial charge in [-0.3, -0.25) is 4.79 Å². The molecule has 0 aromatic heterocycles. The molecular formula is C24H30N2O3. The van der Waals surface area contributed by atoms with Crippen molar-refractivity contribution in [3.8, 4) is 5.75 Å². The second-order valence-corrected chi connectivity index (χ2v) is 8.24. The minimum Gasteiger partial charge on any atom is -0.496 e. The van der Waals surface area contributed by atoms with E-state index >= 15 is 0 Å². The molecule has 2 bridgehead atoms. The first-order valence-electron chi connectivity index (χ1n) is 10.4. The smallest absolute Gasteiger partial charge is 0.310 e. The van der Waals surface area contributed by atoms with Gasteiger partial charge in [0.25, 0.3) is 0 Å². The summed E-state index contributed by atoms with van der Waals surface area (Å²) in [7, 11) is 3.20.